The predicted octanol–water partition coefficient (Wildman–Crippen LogP) is 4.80. The standard InChI is InChI=1S/C22H18F3N3O3/c1-13-3-8-19-18(11-13)15(9-10-26-19)12-27-14(2)20(29)28(21(27)30)16-4-6-17(7-5-16)31-22(23,24)25/h3-11,14H,12H2,1-2H3. The van der Waals surface area contributed by atoms with E-state index in [2.05, 4.69) is 9.72 Å². The van der Waals surface area contributed by atoms with Gasteiger partial charge in [-0.15, -0.1) is 13.2 Å². The molecule has 3 aromatic rings. The number of aromatic nitrogens is 1. The number of hydrogen-bond acceptors (Lipinski definition) is 4. The number of anilines is 1. The van der Waals surface area contributed by atoms with Crippen molar-refractivity contribution in [3.8, 4) is 5.75 Å². The van der Waals surface area contributed by atoms with Crippen LogP contribution in [0.4, 0.5) is 23.7 Å². The third-order valence-corrected chi connectivity index (χ3v) is 5.14. The number of carbonyl (C=O) groups excluding carboxylic acids is 2. The van der Waals surface area contributed by atoms with Crippen LogP contribution in [-0.4, -0.2) is 34.2 Å². The smallest absolute Gasteiger partial charge is 0.406 e. The summed E-state index contributed by atoms with van der Waals surface area (Å²) in [6.45, 7) is 3.77. The number of benzene rings is 2. The van der Waals surface area contributed by atoms with Crippen molar-refractivity contribution in [2.45, 2.75) is 32.8 Å². The van der Waals surface area contributed by atoms with E-state index in [9.17, 15) is 22.8 Å². The number of aryl methyl sites for hydroxylation is 1. The highest BCUT2D eigenvalue weighted by atomic mass is 19.4. The van der Waals surface area contributed by atoms with Gasteiger partial charge in [0.05, 0.1) is 11.2 Å². The Kier molecular flexibility index (Phi) is 5.04. The molecule has 0 spiro atoms. The second kappa shape index (κ2) is 7.57. The zero-order valence-electron chi connectivity index (χ0n) is 16.7. The van der Waals surface area contributed by atoms with Gasteiger partial charge in [-0.1, -0.05) is 11.6 Å². The number of urea groups is 1. The number of hydrogen-bond donors (Lipinski definition) is 0. The van der Waals surface area contributed by atoms with Gasteiger partial charge in [-0.25, -0.2) is 9.69 Å². The molecule has 0 N–H and O–H groups in total. The number of amides is 3. The molecule has 0 bridgehead atoms. The molecule has 0 radical (unpaired) electrons. The number of nitrogens with zero attached hydrogens (tertiary/aromatic N) is 3. The molecule has 0 aliphatic carbocycles. The average Bonchev–Trinajstić information content (AvgIpc) is 2.91. The Labute approximate surface area is 175 Å². The van der Waals surface area contributed by atoms with Gasteiger partial charge in [0.1, 0.15) is 11.8 Å². The van der Waals surface area contributed by atoms with Gasteiger partial charge in [0, 0.05) is 18.1 Å². The van der Waals surface area contributed by atoms with Crippen LogP contribution >= 0.6 is 0 Å². The van der Waals surface area contributed by atoms with Gasteiger partial charge in [0.25, 0.3) is 5.91 Å². The van der Waals surface area contributed by atoms with Crippen molar-refractivity contribution in [3.63, 3.8) is 0 Å². The first kappa shape index (κ1) is 20.6. The molecule has 0 saturated carbocycles. The molecule has 1 fully saturated rings. The molecule has 1 aliphatic rings. The summed E-state index contributed by atoms with van der Waals surface area (Å²) < 4.78 is 40.9. The lowest BCUT2D eigenvalue weighted by Crippen LogP contribution is -2.33. The predicted molar refractivity (Wildman–Crippen MR) is 107 cm³/mol. The molecule has 1 atom stereocenters. The van der Waals surface area contributed by atoms with E-state index in [4.69, 9.17) is 0 Å². The molecular weight excluding hydrogens is 411 g/mol. The van der Waals surface area contributed by atoms with Crippen LogP contribution in [0.25, 0.3) is 10.9 Å². The van der Waals surface area contributed by atoms with Gasteiger partial charge in [0.15, 0.2) is 0 Å². The summed E-state index contributed by atoms with van der Waals surface area (Å²) in [5.74, 6) is -0.886. The van der Waals surface area contributed by atoms with Crippen LogP contribution in [0, 0.1) is 6.92 Å². The summed E-state index contributed by atoms with van der Waals surface area (Å²) >= 11 is 0. The number of imide groups is 1. The zero-order valence-corrected chi connectivity index (χ0v) is 16.7. The molecule has 1 aromatic heterocycles. The van der Waals surface area contributed by atoms with E-state index >= 15 is 0 Å². The van der Waals surface area contributed by atoms with Gasteiger partial charge in [-0.3, -0.25) is 9.78 Å². The maximum Gasteiger partial charge on any atom is 0.573 e. The SMILES string of the molecule is Cc1ccc2nccc(CN3C(=O)N(c4ccc(OC(F)(F)F)cc4)C(=O)C3C)c2c1. The molecule has 2 heterocycles. The van der Waals surface area contributed by atoms with Crippen molar-refractivity contribution < 1.29 is 27.5 Å². The minimum Gasteiger partial charge on any atom is -0.406 e. The molecule has 1 saturated heterocycles. The highest BCUT2D eigenvalue weighted by Crippen LogP contribution is 2.31. The summed E-state index contributed by atoms with van der Waals surface area (Å²) in [5, 5.41) is 0.891. The molecule has 31 heavy (non-hydrogen) atoms. The molecule has 160 valence electrons. The van der Waals surface area contributed by atoms with Crippen LogP contribution in [0.2, 0.25) is 0 Å². The van der Waals surface area contributed by atoms with Crippen molar-refractivity contribution in [3.05, 3.63) is 65.9 Å². The van der Waals surface area contributed by atoms with Gasteiger partial charge < -0.3 is 9.64 Å². The second-order valence-corrected chi connectivity index (χ2v) is 7.29. The number of halogens is 3. The molecule has 3 amide bonds. The minimum absolute atomic E-state index is 0.175. The first-order valence-corrected chi connectivity index (χ1v) is 9.49. The summed E-state index contributed by atoms with van der Waals surface area (Å²) in [7, 11) is 0. The lowest BCUT2D eigenvalue weighted by atomic mass is 10.1. The quantitative estimate of drug-likeness (QED) is 0.559. The maximum atomic E-state index is 13.1. The van der Waals surface area contributed by atoms with Crippen LogP contribution < -0.4 is 9.64 Å². The first-order chi connectivity index (χ1) is 14.6. The second-order valence-electron chi connectivity index (χ2n) is 7.29. The lowest BCUT2D eigenvalue weighted by Gasteiger charge is -2.20. The third kappa shape index (κ3) is 4.03. The Morgan fingerprint density at radius 3 is 2.45 bits per heavy atom. The van der Waals surface area contributed by atoms with E-state index in [1.165, 1.54) is 17.0 Å². The van der Waals surface area contributed by atoms with Crippen LogP contribution in [0.3, 0.4) is 0 Å². The number of carbonyl (C=O) groups is 2. The Morgan fingerprint density at radius 1 is 1.06 bits per heavy atom. The fourth-order valence-electron chi connectivity index (χ4n) is 3.59. The van der Waals surface area contributed by atoms with Gasteiger partial charge in [0.2, 0.25) is 0 Å². The summed E-state index contributed by atoms with van der Waals surface area (Å²) in [5.41, 5.74) is 2.85. The first-order valence-electron chi connectivity index (χ1n) is 9.49. The molecule has 1 aliphatic heterocycles. The largest absolute Gasteiger partial charge is 0.573 e. The van der Waals surface area contributed by atoms with Crippen LogP contribution in [-0.2, 0) is 11.3 Å². The number of alkyl halides is 3. The monoisotopic (exact) mass is 429 g/mol. The highest BCUT2D eigenvalue weighted by molar-refractivity contribution is 6.21. The third-order valence-electron chi connectivity index (χ3n) is 5.14. The van der Waals surface area contributed by atoms with Crippen molar-refractivity contribution >= 4 is 28.5 Å². The highest BCUT2D eigenvalue weighted by Gasteiger charge is 2.43. The van der Waals surface area contributed by atoms with Crippen molar-refractivity contribution in [1.82, 2.24) is 9.88 Å². The van der Waals surface area contributed by atoms with E-state index in [1.807, 2.05) is 25.1 Å². The van der Waals surface area contributed by atoms with E-state index in [1.54, 1.807) is 19.2 Å². The number of rotatable bonds is 4. The summed E-state index contributed by atoms with van der Waals surface area (Å²) in [6.07, 6.45) is -3.17. The summed E-state index contributed by atoms with van der Waals surface area (Å²) in [4.78, 5) is 32.6. The average molecular weight is 429 g/mol. The fraction of sp³-hybridized carbons (Fsp3) is 0.227. The van der Waals surface area contributed by atoms with E-state index in [-0.39, 0.29) is 12.2 Å². The van der Waals surface area contributed by atoms with Crippen molar-refractivity contribution in [1.29, 1.82) is 0 Å². The van der Waals surface area contributed by atoms with Crippen molar-refractivity contribution in [2.24, 2.45) is 0 Å². The molecule has 6 nitrogen and oxygen atoms in total. The summed E-state index contributed by atoms with van der Waals surface area (Å²) in [6, 6.07) is 11.0. The number of ether oxygens (including phenoxy) is 1. The Bertz CT molecular complexity index is 1160. The Hall–Kier alpha value is -3.62. The molecular formula is C22H18F3N3O3. The van der Waals surface area contributed by atoms with Crippen LogP contribution in [0.5, 0.6) is 5.75 Å². The fourth-order valence-corrected chi connectivity index (χ4v) is 3.59. The Balaban J connectivity index is 1.60. The van der Waals surface area contributed by atoms with Gasteiger partial charge in [-0.2, -0.15) is 0 Å². The minimum atomic E-state index is -4.82. The van der Waals surface area contributed by atoms with Crippen LogP contribution in [0.15, 0.2) is 54.7 Å². The van der Waals surface area contributed by atoms with E-state index in [0.717, 1.165) is 39.1 Å². The van der Waals surface area contributed by atoms with E-state index < -0.39 is 30.1 Å². The van der Waals surface area contributed by atoms with Crippen molar-refractivity contribution in [2.75, 3.05) is 4.90 Å². The maximum absolute atomic E-state index is 13.1. The normalized spacial score (nSPS) is 17.0. The number of pyridine rings is 1. The molecule has 2 aromatic carbocycles. The molecule has 4 rings (SSSR count). The van der Waals surface area contributed by atoms with Gasteiger partial charge >= 0.3 is 12.4 Å². The lowest BCUT2D eigenvalue weighted by molar-refractivity contribution is -0.274. The Morgan fingerprint density at radius 2 is 1.77 bits per heavy atom. The van der Waals surface area contributed by atoms with Crippen LogP contribution in [0.1, 0.15) is 18.1 Å². The molecule has 1 unspecified atom stereocenters. The zero-order chi connectivity index (χ0) is 22.3. The van der Waals surface area contributed by atoms with Gasteiger partial charge in [-0.05, 0) is 61.9 Å². The topological polar surface area (TPSA) is 62.7 Å². The molecule has 9 heteroatoms. The van der Waals surface area contributed by atoms with E-state index in [0.29, 0.717) is 0 Å². The number of fused-ring (bicyclic) bond motifs is 1.